The molecule has 0 bridgehead atoms. The lowest BCUT2D eigenvalue weighted by Gasteiger charge is -2.30. The third-order valence-corrected chi connectivity index (χ3v) is 5.14. The molecule has 0 aromatic heterocycles. The van der Waals surface area contributed by atoms with Gasteiger partial charge < -0.3 is 5.32 Å². The van der Waals surface area contributed by atoms with Gasteiger partial charge in [0.15, 0.2) is 0 Å². The number of sulfonamides is 1. The van der Waals surface area contributed by atoms with E-state index >= 15 is 0 Å². The molecule has 1 aromatic rings. The van der Waals surface area contributed by atoms with Gasteiger partial charge in [0.25, 0.3) is 0 Å². The van der Waals surface area contributed by atoms with E-state index in [4.69, 9.17) is 5.26 Å². The summed E-state index contributed by atoms with van der Waals surface area (Å²) >= 11 is 3.25. The fourth-order valence-electron chi connectivity index (χ4n) is 1.85. The second-order valence-corrected chi connectivity index (χ2v) is 6.73. The SMILES string of the molecule is N#CC1CNCCN1S(=O)(=O)c1cccc(Br)c1. The topological polar surface area (TPSA) is 73.2 Å². The molecule has 7 heteroatoms. The van der Waals surface area contributed by atoms with Gasteiger partial charge in [-0.05, 0) is 18.2 Å². The summed E-state index contributed by atoms with van der Waals surface area (Å²) in [5.41, 5.74) is 0. The van der Waals surface area contributed by atoms with Crippen molar-refractivity contribution in [1.82, 2.24) is 9.62 Å². The summed E-state index contributed by atoms with van der Waals surface area (Å²) in [6, 6.07) is 7.88. The molecule has 1 aromatic carbocycles. The molecule has 2 rings (SSSR count). The maximum absolute atomic E-state index is 12.4. The minimum absolute atomic E-state index is 0.207. The van der Waals surface area contributed by atoms with Gasteiger partial charge in [-0.1, -0.05) is 22.0 Å². The number of piperazine rings is 1. The number of nitrogens with one attached hydrogen (secondary N) is 1. The van der Waals surface area contributed by atoms with E-state index in [1.165, 1.54) is 10.4 Å². The number of hydrogen-bond acceptors (Lipinski definition) is 4. The van der Waals surface area contributed by atoms with E-state index in [2.05, 4.69) is 21.2 Å². The van der Waals surface area contributed by atoms with Crippen molar-refractivity contribution >= 4 is 26.0 Å². The van der Waals surface area contributed by atoms with E-state index in [9.17, 15) is 8.42 Å². The highest BCUT2D eigenvalue weighted by atomic mass is 79.9. The van der Waals surface area contributed by atoms with Crippen LogP contribution in [-0.4, -0.2) is 38.4 Å². The highest BCUT2D eigenvalue weighted by molar-refractivity contribution is 9.10. The van der Waals surface area contributed by atoms with Crippen LogP contribution in [0.15, 0.2) is 33.6 Å². The number of halogens is 1. The smallest absolute Gasteiger partial charge is 0.244 e. The lowest BCUT2D eigenvalue weighted by atomic mass is 10.3. The van der Waals surface area contributed by atoms with E-state index in [0.29, 0.717) is 24.1 Å². The van der Waals surface area contributed by atoms with Crippen molar-refractivity contribution in [2.24, 2.45) is 0 Å². The van der Waals surface area contributed by atoms with Crippen LogP contribution in [0.1, 0.15) is 0 Å². The summed E-state index contributed by atoms with van der Waals surface area (Å²) in [5, 5.41) is 12.0. The first-order valence-corrected chi connectivity index (χ1v) is 7.67. The highest BCUT2D eigenvalue weighted by Crippen LogP contribution is 2.22. The number of hydrogen-bond donors (Lipinski definition) is 1. The highest BCUT2D eigenvalue weighted by Gasteiger charge is 2.33. The standard InChI is InChI=1S/C11H12BrN3O2S/c12-9-2-1-3-11(6-9)18(16,17)15-5-4-14-8-10(15)7-13/h1-3,6,10,14H,4-5,8H2. The normalized spacial score (nSPS) is 21.4. The summed E-state index contributed by atoms with van der Waals surface area (Å²) in [4.78, 5) is 0.207. The summed E-state index contributed by atoms with van der Waals surface area (Å²) < 4.78 is 26.8. The van der Waals surface area contributed by atoms with Crippen LogP contribution >= 0.6 is 15.9 Å². The predicted octanol–water partition coefficient (Wildman–Crippen LogP) is 0.935. The number of benzene rings is 1. The molecule has 5 nitrogen and oxygen atoms in total. The van der Waals surface area contributed by atoms with Crippen molar-refractivity contribution in [3.63, 3.8) is 0 Å². The number of nitriles is 1. The van der Waals surface area contributed by atoms with Gasteiger partial charge in [-0.15, -0.1) is 0 Å². The largest absolute Gasteiger partial charge is 0.313 e. The predicted molar refractivity (Wildman–Crippen MR) is 70.3 cm³/mol. The van der Waals surface area contributed by atoms with Crippen LogP contribution in [0.5, 0.6) is 0 Å². The van der Waals surface area contributed by atoms with Gasteiger partial charge in [-0.2, -0.15) is 9.57 Å². The first kappa shape index (κ1) is 13.5. The van der Waals surface area contributed by atoms with Crippen molar-refractivity contribution in [3.8, 4) is 6.07 Å². The lowest BCUT2D eigenvalue weighted by molar-refractivity contribution is 0.312. The Labute approximate surface area is 115 Å². The Morgan fingerprint density at radius 2 is 2.28 bits per heavy atom. The molecule has 0 radical (unpaired) electrons. The molecular weight excluding hydrogens is 318 g/mol. The molecule has 1 atom stereocenters. The second kappa shape index (κ2) is 5.36. The molecule has 1 unspecified atom stereocenters. The fourth-order valence-corrected chi connectivity index (χ4v) is 3.98. The molecule has 1 heterocycles. The molecule has 18 heavy (non-hydrogen) atoms. The van der Waals surface area contributed by atoms with Crippen LogP contribution in [-0.2, 0) is 10.0 Å². The summed E-state index contributed by atoms with van der Waals surface area (Å²) in [6.07, 6.45) is 0. The maximum atomic E-state index is 12.4. The first-order valence-electron chi connectivity index (χ1n) is 5.43. The third kappa shape index (κ3) is 2.57. The average Bonchev–Trinajstić information content (AvgIpc) is 2.38. The Balaban J connectivity index is 2.39. The van der Waals surface area contributed by atoms with Crippen molar-refractivity contribution in [1.29, 1.82) is 5.26 Å². The van der Waals surface area contributed by atoms with Crippen molar-refractivity contribution in [2.45, 2.75) is 10.9 Å². The van der Waals surface area contributed by atoms with Gasteiger partial charge in [-0.25, -0.2) is 8.42 Å². The molecule has 1 aliphatic rings. The average molecular weight is 330 g/mol. The zero-order chi connectivity index (χ0) is 13.2. The summed E-state index contributed by atoms with van der Waals surface area (Å²) in [6.45, 7) is 1.24. The summed E-state index contributed by atoms with van der Waals surface area (Å²) in [5.74, 6) is 0. The minimum atomic E-state index is -3.60. The van der Waals surface area contributed by atoms with Crippen LogP contribution in [0.25, 0.3) is 0 Å². The Morgan fingerprint density at radius 1 is 1.50 bits per heavy atom. The van der Waals surface area contributed by atoms with Crippen molar-refractivity contribution in [3.05, 3.63) is 28.7 Å². The monoisotopic (exact) mass is 329 g/mol. The fraction of sp³-hybridized carbons (Fsp3) is 0.364. The molecule has 1 aliphatic heterocycles. The third-order valence-electron chi connectivity index (χ3n) is 2.75. The summed E-state index contributed by atoms with van der Waals surface area (Å²) in [7, 11) is -3.60. The molecule has 1 saturated heterocycles. The van der Waals surface area contributed by atoms with E-state index in [1.807, 2.05) is 6.07 Å². The molecule has 0 spiro atoms. The Bertz CT molecular complexity index is 582. The number of nitrogens with zero attached hydrogens (tertiary/aromatic N) is 2. The first-order chi connectivity index (χ1) is 8.55. The molecule has 0 aliphatic carbocycles. The number of rotatable bonds is 2. The molecular formula is C11H12BrN3O2S. The van der Waals surface area contributed by atoms with Gasteiger partial charge in [0, 0.05) is 24.1 Å². The van der Waals surface area contributed by atoms with Gasteiger partial charge in [0.2, 0.25) is 10.0 Å². The molecule has 0 saturated carbocycles. The van der Waals surface area contributed by atoms with Gasteiger partial charge in [0.05, 0.1) is 11.0 Å². The van der Waals surface area contributed by atoms with Crippen molar-refractivity contribution < 1.29 is 8.42 Å². The molecule has 0 amide bonds. The van der Waals surface area contributed by atoms with E-state index in [1.54, 1.807) is 18.2 Å². The Morgan fingerprint density at radius 3 is 2.94 bits per heavy atom. The molecule has 96 valence electrons. The molecule has 1 N–H and O–H groups in total. The minimum Gasteiger partial charge on any atom is -0.313 e. The Kier molecular flexibility index (Phi) is 4.02. The van der Waals surface area contributed by atoms with Crippen LogP contribution < -0.4 is 5.32 Å². The van der Waals surface area contributed by atoms with E-state index in [0.717, 1.165) is 0 Å². The van der Waals surface area contributed by atoms with E-state index in [-0.39, 0.29) is 4.90 Å². The Hall–Kier alpha value is -0.940. The zero-order valence-electron chi connectivity index (χ0n) is 9.51. The lowest BCUT2D eigenvalue weighted by Crippen LogP contribution is -2.52. The van der Waals surface area contributed by atoms with Crippen molar-refractivity contribution in [2.75, 3.05) is 19.6 Å². The van der Waals surface area contributed by atoms with Crippen LogP contribution in [0.4, 0.5) is 0 Å². The quantitative estimate of drug-likeness (QED) is 0.876. The van der Waals surface area contributed by atoms with Gasteiger partial charge >= 0.3 is 0 Å². The van der Waals surface area contributed by atoms with Crippen LogP contribution in [0.2, 0.25) is 0 Å². The second-order valence-electron chi connectivity index (χ2n) is 3.92. The van der Waals surface area contributed by atoms with Gasteiger partial charge in [-0.3, -0.25) is 0 Å². The molecule has 1 fully saturated rings. The zero-order valence-corrected chi connectivity index (χ0v) is 11.9. The van der Waals surface area contributed by atoms with E-state index < -0.39 is 16.1 Å². The maximum Gasteiger partial charge on any atom is 0.244 e. The van der Waals surface area contributed by atoms with Crippen LogP contribution in [0, 0.1) is 11.3 Å². The van der Waals surface area contributed by atoms with Gasteiger partial charge in [0.1, 0.15) is 6.04 Å². The van der Waals surface area contributed by atoms with Crippen LogP contribution in [0.3, 0.4) is 0 Å².